The van der Waals surface area contributed by atoms with Crippen LogP contribution in [0.2, 0.25) is 0 Å². The Morgan fingerprint density at radius 3 is 3.00 bits per heavy atom. The molecule has 1 heterocycles. The van der Waals surface area contributed by atoms with Gasteiger partial charge < -0.3 is 10.4 Å². The van der Waals surface area contributed by atoms with Crippen LogP contribution in [0, 0.1) is 0 Å². The van der Waals surface area contributed by atoms with Crippen molar-refractivity contribution in [2.75, 3.05) is 0 Å². The Bertz CT molecular complexity index is 258. The first-order valence-electron chi connectivity index (χ1n) is 4.87. The second-order valence-electron chi connectivity index (χ2n) is 3.49. The van der Waals surface area contributed by atoms with Crippen LogP contribution in [0.1, 0.15) is 31.4 Å². The monoisotopic (exact) mass is 177 g/mol. The van der Waals surface area contributed by atoms with Crippen LogP contribution in [-0.2, 0) is 0 Å². The maximum atomic E-state index is 4.19. The summed E-state index contributed by atoms with van der Waals surface area (Å²) in [5.74, 6) is 0. The van der Waals surface area contributed by atoms with Crippen LogP contribution in [0.5, 0.6) is 0 Å². The van der Waals surface area contributed by atoms with E-state index in [4.69, 9.17) is 0 Å². The average molecular weight is 177 g/mol. The molecule has 3 heteroatoms. The summed E-state index contributed by atoms with van der Waals surface area (Å²) < 4.78 is 0. The lowest BCUT2D eigenvalue weighted by Gasteiger charge is -2.06. The molecule has 0 unspecified atom stereocenters. The number of hydrazone groups is 1. The number of aromatic nitrogens is 1. The van der Waals surface area contributed by atoms with E-state index in [0.717, 1.165) is 5.69 Å². The highest BCUT2D eigenvalue weighted by atomic mass is 15.3. The maximum absolute atomic E-state index is 4.19. The van der Waals surface area contributed by atoms with Crippen molar-refractivity contribution in [2.45, 2.75) is 31.7 Å². The van der Waals surface area contributed by atoms with E-state index in [1.807, 2.05) is 24.5 Å². The fourth-order valence-corrected chi connectivity index (χ4v) is 1.69. The van der Waals surface area contributed by atoms with Gasteiger partial charge in [0.05, 0.1) is 11.9 Å². The van der Waals surface area contributed by atoms with Gasteiger partial charge in [0.1, 0.15) is 0 Å². The Labute approximate surface area is 78.2 Å². The highest BCUT2D eigenvalue weighted by molar-refractivity contribution is 5.76. The summed E-state index contributed by atoms with van der Waals surface area (Å²) in [4.78, 5) is 3.07. The van der Waals surface area contributed by atoms with E-state index in [-0.39, 0.29) is 0 Å². The first kappa shape index (κ1) is 8.35. The molecule has 1 aliphatic rings. The van der Waals surface area contributed by atoms with E-state index in [1.54, 1.807) is 0 Å². The van der Waals surface area contributed by atoms with Gasteiger partial charge in [0, 0.05) is 12.2 Å². The predicted octanol–water partition coefficient (Wildman–Crippen LogP) is 1.88. The smallest absolute Gasteiger partial charge is 0.0703 e. The molecular formula is C10H15N3. The number of H-pyrrole nitrogens is 1. The molecule has 1 aromatic rings. The van der Waals surface area contributed by atoms with Gasteiger partial charge in [0.25, 0.3) is 0 Å². The number of hydrogen-bond acceptors (Lipinski definition) is 2. The molecule has 0 saturated heterocycles. The van der Waals surface area contributed by atoms with Gasteiger partial charge in [0.15, 0.2) is 0 Å². The van der Waals surface area contributed by atoms with Crippen molar-refractivity contribution >= 4 is 6.21 Å². The summed E-state index contributed by atoms with van der Waals surface area (Å²) in [6, 6.07) is 4.57. The molecule has 0 bridgehead atoms. The molecule has 1 saturated carbocycles. The van der Waals surface area contributed by atoms with Gasteiger partial charge in [-0.3, -0.25) is 0 Å². The lowest BCUT2D eigenvalue weighted by Crippen LogP contribution is -2.20. The summed E-state index contributed by atoms with van der Waals surface area (Å²) in [7, 11) is 0. The van der Waals surface area contributed by atoms with Gasteiger partial charge in [-0.25, -0.2) is 0 Å². The second-order valence-corrected chi connectivity index (χ2v) is 3.49. The molecule has 0 aliphatic heterocycles. The molecule has 1 aliphatic carbocycles. The van der Waals surface area contributed by atoms with E-state index < -0.39 is 0 Å². The van der Waals surface area contributed by atoms with Crippen LogP contribution in [0.25, 0.3) is 0 Å². The first-order chi connectivity index (χ1) is 6.45. The third-order valence-corrected chi connectivity index (χ3v) is 2.44. The number of nitrogens with zero attached hydrogens (tertiary/aromatic N) is 1. The number of aromatic amines is 1. The Morgan fingerprint density at radius 2 is 2.31 bits per heavy atom. The van der Waals surface area contributed by atoms with E-state index in [9.17, 15) is 0 Å². The Hall–Kier alpha value is -1.25. The zero-order valence-corrected chi connectivity index (χ0v) is 7.66. The molecule has 2 N–H and O–H groups in total. The van der Waals surface area contributed by atoms with Crippen LogP contribution in [0.15, 0.2) is 23.4 Å². The highest BCUT2D eigenvalue weighted by Gasteiger charge is 2.12. The predicted molar refractivity (Wildman–Crippen MR) is 53.8 cm³/mol. The maximum Gasteiger partial charge on any atom is 0.0703 e. The second kappa shape index (κ2) is 4.12. The van der Waals surface area contributed by atoms with Crippen molar-refractivity contribution < 1.29 is 0 Å². The van der Waals surface area contributed by atoms with Crippen LogP contribution < -0.4 is 5.43 Å². The molecule has 0 radical (unpaired) electrons. The summed E-state index contributed by atoms with van der Waals surface area (Å²) in [5, 5.41) is 4.19. The van der Waals surface area contributed by atoms with Gasteiger partial charge in [0.2, 0.25) is 0 Å². The molecule has 0 aromatic carbocycles. The fraction of sp³-hybridized carbons (Fsp3) is 0.500. The normalized spacial score (nSPS) is 18.5. The lowest BCUT2D eigenvalue weighted by molar-refractivity contribution is 0.548. The van der Waals surface area contributed by atoms with Gasteiger partial charge in [-0.15, -0.1) is 0 Å². The van der Waals surface area contributed by atoms with E-state index in [1.165, 1.54) is 25.7 Å². The highest BCUT2D eigenvalue weighted by Crippen LogP contribution is 2.17. The molecule has 1 fully saturated rings. The SMILES string of the molecule is C(=N\NC1CCCC1)/c1ccc[nH]1. The molecule has 0 atom stereocenters. The van der Waals surface area contributed by atoms with Crippen molar-refractivity contribution in [3.63, 3.8) is 0 Å². The topological polar surface area (TPSA) is 40.2 Å². The van der Waals surface area contributed by atoms with Crippen molar-refractivity contribution in [2.24, 2.45) is 5.10 Å². The number of nitrogens with one attached hydrogen (secondary N) is 2. The minimum atomic E-state index is 0.603. The molecule has 2 rings (SSSR count). The summed E-state index contributed by atoms with van der Waals surface area (Å²) in [6.07, 6.45) is 8.95. The summed E-state index contributed by atoms with van der Waals surface area (Å²) in [5.41, 5.74) is 4.22. The van der Waals surface area contributed by atoms with Crippen molar-refractivity contribution in [3.8, 4) is 0 Å². The van der Waals surface area contributed by atoms with E-state index in [0.29, 0.717) is 6.04 Å². The van der Waals surface area contributed by atoms with Crippen molar-refractivity contribution in [1.29, 1.82) is 0 Å². The van der Waals surface area contributed by atoms with E-state index in [2.05, 4.69) is 15.5 Å². The molecule has 0 amide bonds. The fourth-order valence-electron chi connectivity index (χ4n) is 1.69. The van der Waals surface area contributed by atoms with E-state index >= 15 is 0 Å². The number of rotatable bonds is 3. The standard InChI is InChI=1S/C10H15N3/c1-2-5-9(4-1)13-12-8-10-6-3-7-11-10/h3,6-9,11,13H,1-2,4-5H2/b12-8+. The molecule has 13 heavy (non-hydrogen) atoms. The van der Waals surface area contributed by atoms with Crippen LogP contribution in [0.4, 0.5) is 0 Å². The van der Waals surface area contributed by atoms with Gasteiger partial charge >= 0.3 is 0 Å². The van der Waals surface area contributed by atoms with Crippen molar-refractivity contribution in [3.05, 3.63) is 24.0 Å². The molecule has 1 aromatic heterocycles. The van der Waals surface area contributed by atoms with Crippen LogP contribution in [-0.4, -0.2) is 17.2 Å². The summed E-state index contributed by atoms with van der Waals surface area (Å²) in [6.45, 7) is 0. The average Bonchev–Trinajstić information content (AvgIpc) is 2.75. The minimum Gasteiger partial charge on any atom is -0.360 e. The Morgan fingerprint density at radius 1 is 1.46 bits per heavy atom. The van der Waals surface area contributed by atoms with Crippen LogP contribution in [0.3, 0.4) is 0 Å². The quantitative estimate of drug-likeness (QED) is 0.537. The largest absolute Gasteiger partial charge is 0.360 e. The van der Waals surface area contributed by atoms with Gasteiger partial charge in [-0.2, -0.15) is 5.10 Å². The zero-order valence-electron chi connectivity index (χ0n) is 7.66. The first-order valence-corrected chi connectivity index (χ1v) is 4.87. The molecular weight excluding hydrogens is 162 g/mol. The van der Waals surface area contributed by atoms with Gasteiger partial charge in [-0.05, 0) is 25.0 Å². The molecule has 0 spiro atoms. The Balaban J connectivity index is 1.78. The lowest BCUT2D eigenvalue weighted by atomic mass is 10.3. The molecule has 3 nitrogen and oxygen atoms in total. The van der Waals surface area contributed by atoms with Crippen LogP contribution >= 0.6 is 0 Å². The third-order valence-electron chi connectivity index (χ3n) is 2.44. The third kappa shape index (κ3) is 2.34. The zero-order chi connectivity index (χ0) is 8.93. The molecule has 70 valence electrons. The summed E-state index contributed by atoms with van der Waals surface area (Å²) >= 11 is 0. The Kier molecular flexibility index (Phi) is 2.65. The van der Waals surface area contributed by atoms with Crippen molar-refractivity contribution in [1.82, 2.24) is 10.4 Å². The number of hydrogen-bond donors (Lipinski definition) is 2. The van der Waals surface area contributed by atoms with Gasteiger partial charge in [-0.1, -0.05) is 12.8 Å². The minimum absolute atomic E-state index is 0.603.